The monoisotopic (exact) mass is 598 g/mol. The predicted octanol–water partition coefficient (Wildman–Crippen LogP) is 5.57. The van der Waals surface area contributed by atoms with E-state index in [1.807, 2.05) is 44.2 Å². The minimum atomic E-state index is -0.790. The molecule has 0 saturated carbocycles. The summed E-state index contributed by atoms with van der Waals surface area (Å²) in [7, 11) is 3.11. The second-order valence-corrected chi connectivity index (χ2v) is 11.8. The van der Waals surface area contributed by atoms with Crippen LogP contribution in [-0.2, 0) is 24.3 Å². The molecule has 8 nitrogen and oxygen atoms in total. The molecular weight excluding hydrogens is 566 g/mol. The lowest BCUT2D eigenvalue weighted by Gasteiger charge is -2.18. The van der Waals surface area contributed by atoms with Crippen molar-refractivity contribution in [2.24, 2.45) is 0 Å². The Morgan fingerprint density at radius 3 is 2.32 bits per heavy atom. The van der Waals surface area contributed by atoms with Crippen molar-refractivity contribution < 1.29 is 27.8 Å². The van der Waals surface area contributed by atoms with Crippen LogP contribution in [0.1, 0.15) is 64.6 Å². The lowest BCUT2D eigenvalue weighted by atomic mass is 9.90. The standard InChI is InChI=1S/C34H32F2N4O4/c1-34(2)16-23(32(41)39-34)20-10-8-19(9-11-20)14-26-30-27(38-31(37-26)29-24(35)6-5-7-25(29)36)18-40(33(30)42)17-21-12-13-22(43-3)15-28(21)44-4/h5-13,15,23H,14,16-18H2,1-4H3,(H,39,41). The van der Waals surface area contributed by atoms with Crippen molar-refractivity contribution in [1.82, 2.24) is 20.2 Å². The highest BCUT2D eigenvalue weighted by Crippen LogP contribution is 2.35. The summed E-state index contributed by atoms with van der Waals surface area (Å²) < 4.78 is 40.5. The molecule has 1 unspecified atom stereocenters. The first kappa shape index (κ1) is 29.2. The number of fused-ring (bicyclic) bond motifs is 1. The summed E-state index contributed by atoms with van der Waals surface area (Å²) in [6.07, 6.45) is 0.910. The van der Waals surface area contributed by atoms with Crippen LogP contribution in [0.5, 0.6) is 11.5 Å². The fraction of sp³-hybridized carbons (Fsp3) is 0.294. The summed E-state index contributed by atoms with van der Waals surface area (Å²) in [5, 5.41) is 3.02. The van der Waals surface area contributed by atoms with Gasteiger partial charge < -0.3 is 19.7 Å². The molecule has 1 fully saturated rings. The van der Waals surface area contributed by atoms with Crippen molar-refractivity contribution in [2.75, 3.05) is 14.2 Å². The van der Waals surface area contributed by atoms with E-state index in [1.54, 1.807) is 31.3 Å². The molecule has 1 saturated heterocycles. The van der Waals surface area contributed by atoms with E-state index in [4.69, 9.17) is 9.47 Å². The third kappa shape index (κ3) is 5.47. The normalized spacial score (nSPS) is 17.0. The van der Waals surface area contributed by atoms with Gasteiger partial charge in [0, 0.05) is 23.6 Å². The van der Waals surface area contributed by atoms with Crippen molar-refractivity contribution in [2.45, 2.75) is 51.2 Å². The van der Waals surface area contributed by atoms with E-state index in [0.717, 1.165) is 28.8 Å². The molecule has 2 aliphatic rings. The Hall–Kier alpha value is -4.86. The number of hydrogen-bond donors (Lipinski definition) is 1. The summed E-state index contributed by atoms with van der Waals surface area (Å²) in [4.78, 5) is 37.1. The van der Waals surface area contributed by atoms with E-state index in [9.17, 15) is 18.4 Å². The number of carbonyl (C=O) groups is 2. The van der Waals surface area contributed by atoms with Crippen molar-refractivity contribution in [3.05, 3.63) is 106 Å². The molecule has 0 aliphatic carbocycles. The van der Waals surface area contributed by atoms with Gasteiger partial charge in [-0.25, -0.2) is 18.7 Å². The Labute approximate surface area is 254 Å². The van der Waals surface area contributed by atoms with Gasteiger partial charge in [-0.1, -0.05) is 30.3 Å². The second kappa shape index (κ2) is 11.3. The number of rotatable bonds is 8. The van der Waals surface area contributed by atoms with Gasteiger partial charge in [0.25, 0.3) is 5.91 Å². The Morgan fingerprint density at radius 2 is 1.68 bits per heavy atom. The first-order chi connectivity index (χ1) is 21.1. The lowest BCUT2D eigenvalue weighted by molar-refractivity contribution is -0.120. The van der Waals surface area contributed by atoms with E-state index in [-0.39, 0.29) is 54.2 Å². The van der Waals surface area contributed by atoms with E-state index in [0.29, 0.717) is 34.9 Å². The van der Waals surface area contributed by atoms with E-state index >= 15 is 0 Å². The molecule has 0 spiro atoms. The number of halogens is 2. The van der Waals surface area contributed by atoms with Crippen molar-refractivity contribution in [1.29, 1.82) is 0 Å². The largest absolute Gasteiger partial charge is 0.497 e. The highest BCUT2D eigenvalue weighted by molar-refractivity contribution is 5.99. The van der Waals surface area contributed by atoms with Crippen molar-refractivity contribution in [3.8, 4) is 22.9 Å². The Kier molecular flexibility index (Phi) is 7.53. The molecule has 226 valence electrons. The van der Waals surface area contributed by atoms with Gasteiger partial charge >= 0.3 is 0 Å². The lowest BCUT2D eigenvalue weighted by Crippen LogP contribution is -2.34. The minimum absolute atomic E-state index is 0.00731. The summed E-state index contributed by atoms with van der Waals surface area (Å²) in [6.45, 7) is 4.35. The fourth-order valence-electron chi connectivity index (χ4n) is 6.00. The third-order valence-corrected chi connectivity index (χ3v) is 8.19. The molecule has 0 radical (unpaired) electrons. The Bertz CT molecular complexity index is 1750. The van der Waals surface area contributed by atoms with Crippen LogP contribution in [0.2, 0.25) is 0 Å². The molecule has 1 atom stereocenters. The molecule has 1 N–H and O–H groups in total. The number of ether oxygens (including phenoxy) is 2. The Balaban J connectivity index is 1.35. The van der Waals surface area contributed by atoms with Crippen LogP contribution in [0.15, 0.2) is 60.7 Å². The molecule has 6 rings (SSSR count). The molecule has 2 amide bonds. The van der Waals surface area contributed by atoms with Gasteiger partial charge in [-0.15, -0.1) is 0 Å². The number of amides is 2. The first-order valence-corrected chi connectivity index (χ1v) is 14.3. The highest BCUT2D eigenvalue weighted by Gasteiger charge is 2.38. The molecular formula is C34H32F2N4O4. The molecule has 2 aliphatic heterocycles. The summed E-state index contributed by atoms with van der Waals surface area (Å²) in [6, 6.07) is 16.5. The smallest absolute Gasteiger partial charge is 0.258 e. The Morgan fingerprint density at radius 1 is 0.955 bits per heavy atom. The SMILES string of the molecule is COc1ccc(CN2Cc3nc(-c4c(F)cccc4F)nc(Cc4ccc(C5CC(C)(C)NC5=O)cc4)c3C2=O)c(OC)c1. The molecule has 0 bridgehead atoms. The van der Waals surface area contributed by atoms with Gasteiger partial charge in [0.2, 0.25) is 5.91 Å². The van der Waals surface area contributed by atoms with Gasteiger partial charge in [0.1, 0.15) is 23.1 Å². The number of hydrogen-bond acceptors (Lipinski definition) is 6. The van der Waals surface area contributed by atoms with Crippen LogP contribution in [0.25, 0.3) is 11.4 Å². The number of nitrogens with one attached hydrogen (secondary N) is 1. The van der Waals surface area contributed by atoms with Crippen molar-refractivity contribution in [3.63, 3.8) is 0 Å². The quantitative estimate of drug-likeness (QED) is 0.285. The van der Waals surface area contributed by atoms with Crippen molar-refractivity contribution >= 4 is 11.8 Å². The zero-order chi connectivity index (χ0) is 31.2. The molecule has 10 heteroatoms. The van der Waals surface area contributed by atoms with Crippen LogP contribution in [0.3, 0.4) is 0 Å². The number of benzene rings is 3. The van der Waals surface area contributed by atoms with Gasteiger partial charge in [0.05, 0.1) is 55.7 Å². The van der Waals surface area contributed by atoms with Crippen LogP contribution < -0.4 is 14.8 Å². The van der Waals surface area contributed by atoms with Crippen LogP contribution in [-0.4, -0.2) is 46.4 Å². The zero-order valence-electron chi connectivity index (χ0n) is 24.9. The number of nitrogens with zero attached hydrogens (tertiary/aromatic N) is 3. The average molecular weight is 599 g/mol. The molecule has 3 heterocycles. The minimum Gasteiger partial charge on any atom is -0.497 e. The highest BCUT2D eigenvalue weighted by atomic mass is 19.1. The number of carbonyl (C=O) groups excluding carboxylic acids is 2. The first-order valence-electron chi connectivity index (χ1n) is 14.3. The summed E-state index contributed by atoms with van der Waals surface area (Å²) in [5.74, 6) is -1.05. The maximum absolute atomic E-state index is 14.9. The van der Waals surface area contributed by atoms with Gasteiger partial charge in [-0.05, 0) is 55.7 Å². The number of aromatic nitrogens is 2. The summed E-state index contributed by atoms with van der Waals surface area (Å²) >= 11 is 0. The van der Waals surface area contributed by atoms with Gasteiger partial charge in [-0.3, -0.25) is 9.59 Å². The van der Waals surface area contributed by atoms with E-state index in [1.165, 1.54) is 6.07 Å². The van der Waals surface area contributed by atoms with E-state index < -0.39 is 11.6 Å². The maximum atomic E-state index is 14.9. The molecule has 1 aromatic heterocycles. The average Bonchev–Trinajstić information content (AvgIpc) is 3.46. The van der Waals surface area contributed by atoms with E-state index in [2.05, 4.69) is 15.3 Å². The third-order valence-electron chi connectivity index (χ3n) is 8.19. The molecule has 3 aromatic carbocycles. The van der Waals surface area contributed by atoms with Crippen LogP contribution >= 0.6 is 0 Å². The number of methoxy groups -OCH3 is 2. The molecule has 4 aromatic rings. The second-order valence-electron chi connectivity index (χ2n) is 11.8. The summed E-state index contributed by atoms with van der Waals surface area (Å²) in [5.41, 5.74) is 2.95. The van der Waals surface area contributed by atoms with Gasteiger partial charge in [-0.2, -0.15) is 0 Å². The van der Waals surface area contributed by atoms with Crippen LogP contribution in [0.4, 0.5) is 8.78 Å². The maximum Gasteiger partial charge on any atom is 0.258 e. The molecule has 44 heavy (non-hydrogen) atoms. The van der Waals surface area contributed by atoms with Crippen LogP contribution in [0, 0.1) is 11.6 Å². The predicted molar refractivity (Wildman–Crippen MR) is 159 cm³/mol. The fourth-order valence-corrected chi connectivity index (χ4v) is 6.00. The zero-order valence-corrected chi connectivity index (χ0v) is 24.9. The van der Waals surface area contributed by atoms with Gasteiger partial charge in [0.15, 0.2) is 5.82 Å². The topological polar surface area (TPSA) is 93.6 Å².